The molecule has 4 aromatic rings. The van der Waals surface area contributed by atoms with E-state index in [0.29, 0.717) is 13.1 Å². The van der Waals surface area contributed by atoms with Gasteiger partial charge in [-0.1, -0.05) is 66.2 Å². The summed E-state index contributed by atoms with van der Waals surface area (Å²) in [6.45, 7) is 3.44. The molecule has 0 aliphatic heterocycles. The molecule has 4 nitrogen and oxygen atoms in total. The monoisotopic (exact) mass is 417 g/mol. The molecule has 152 valence electrons. The Morgan fingerprint density at radius 1 is 0.967 bits per heavy atom. The Bertz CT molecular complexity index is 1200. The van der Waals surface area contributed by atoms with E-state index in [4.69, 9.17) is 16.3 Å². The molecule has 0 aliphatic carbocycles. The Morgan fingerprint density at radius 2 is 1.67 bits per heavy atom. The predicted octanol–water partition coefficient (Wildman–Crippen LogP) is 5.78. The quantitative estimate of drug-likeness (QED) is 0.305. The normalized spacial score (nSPS) is 11.3. The largest absolute Gasteiger partial charge is 0.496 e. The molecule has 1 N–H and O–H groups in total. The maximum atomic E-state index is 6.41. The molecule has 0 spiro atoms. The average Bonchev–Trinajstić information content (AvgIpc) is 3.04. The first-order valence-electron chi connectivity index (χ1n) is 9.88. The van der Waals surface area contributed by atoms with Gasteiger partial charge in [0.15, 0.2) is 0 Å². The van der Waals surface area contributed by atoms with Gasteiger partial charge in [-0.05, 0) is 30.7 Å². The molecular formula is C25H24ClN3O. The van der Waals surface area contributed by atoms with Crippen molar-refractivity contribution in [3.05, 3.63) is 100 Å². The van der Waals surface area contributed by atoms with Crippen molar-refractivity contribution >= 4 is 28.7 Å². The molecule has 4 rings (SSSR count). The van der Waals surface area contributed by atoms with Crippen LogP contribution in [0.5, 0.6) is 5.75 Å². The van der Waals surface area contributed by atoms with Crippen LogP contribution in [0.25, 0.3) is 10.9 Å². The van der Waals surface area contributed by atoms with Crippen molar-refractivity contribution in [2.24, 2.45) is 5.10 Å². The number of halogens is 1. The number of rotatable bonds is 7. The summed E-state index contributed by atoms with van der Waals surface area (Å²) >= 11 is 6.41. The van der Waals surface area contributed by atoms with Crippen LogP contribution in [-0.4, -0.2) is 17.9 Å². The van der Waals surface area contributed by atoms with Gasteiger partial charge in [0.1, 0.15) is 5.75 Å². The maximum absolute atomic E-state index is 6.41. The second-order valence-electron chi connectivity index (χ2n) is 7.10. The van der Waals surface area contributed by atoms with Crippen LogP contribution in [0.2, 0.25) is 5.02 Å². The van der Waals surface area contributed by atoms with Crippen molar-refractivity contribution in [2.45, 2.75) is 20.0 Å². The van der Waals surface area contributed by atoms with E-state index >= 15 is 0 Å². The number of methoxy groups -OCH3 is 1. The first kappa shape index (κ1) is 20.0. The van der Waals surface area contributed by atoms with Gasteiger partial charge >= 0.3 is 0 Å². The molecule has 5 heteroatoms. The van der Waals surface area contributed by atoms with Gasteiger partial charge in [-0.25, -0.2) is 0 Å². The Balaban J connectivity index is 1.61. The number of aromatic nitrogens is 1. The first-order valence-corrected chi connectivity index (χ1v) is 10.3. The molecule has 0 radical (unpaired) electrons. The smallest absolute Gasteiger partial charge is 0.123 e. The van der Waals surface area contributed by atoms with E-state index in [1.165, 1.54) is 10.9 Å². The molecule has 1 heterocycles. The molecule has 0 atom stereocenters. The van der Waals surface area contributed by atoms with Gasteiger partial charge in [-0.2, -0.15) is 5.10 Å². The van der Waals surface area contributed by atoms with Crippen LogP contribution < -0.4 is 10.2 Å². The Hall–Kier alpha value is -3.24. The summed E-state index contributed by atoms with van der Waals surface area (Å²) in [5.74, 6) is 0.854. The van der Waals surface area contributed by atoms with E-state index in [0.717, 1.165) is 33.2 Å². The standard InChI is InChI=1S/C25H24ClN3O/c1-18-22(16-28-27-15-19-9-4-8-14-25(19)30-2)21-11-5-7-13-24(21)29(18)17-20-10-3-6-12-23(20)26/h3-14,16,27H,15,17H2,1-2H3/b28-16-. The molecule has 30 heavy (non-hydrogen) atoms. The third-order valence-electron chi connectivity index (χ3n) is 5.31. The fourth-order valence-electron chi connectivity index (χ4n) is 3.71. The second-order valence-corrected chi connectivity index (χ2v) is 7.51. The summed E-state index contributed by atoms with van der Waals surface area (Å²) in [4.78, 5) is 0. The molecule has 0 fully saturated rings. The minimum atomic E-state index is 0.595. The summed E-state index contributed by atoms with van der Waals surface area (Å²) < 4.78 is 7.69. The fourth-order valence-corrected chi connectivity index (χ4v) is 3.91. The van der Waals surface area contributed by atoms with Crippen LogP contribution in [0.4, 0.5) is 0 Å². The van der Waals surface area contributed by atoms with Crippen molar-refractivity contribution in [1.82, 2.24) is 9.99 Å². The number of para-hydroxylation sites is 2. The average molecular weight is 418 g/mol. The minimum Gasteiger partial charge on any atom is -0.496 e. The van der Waals surface area contributed by atoms with Gasteiger partial charge in [-0.3, -0.25) is 0 Å². The van der Waals surface area contributed by atoms with E-state index in [1.54, 1.807) is 7.11 Å². The number of hydrogen-bond acceptors (Lipinski definition) is 3. The molecule has 0 saturated heterocycles. The minimum absolute atomic E-state index is 0.595. The van der Waals surface area contributed by atoms with Gasteiger partial charge < -0.3 is 14.7 Å². The van der Waals surface area contributed by atoms with Crippen LogP contribution in [0.3, 0.4) is 0 Å². The molecule has 0 saturated carbocycles. The van der Waals surface area contributed by atoms with Crippen LogP contribution in [-0.2, 0) is 13.1 Å². The van der Waals surface area contributed by atoms with E-state index in [2.05, 4.69) is 52.3 Å². The predicted molar refractivity (Wildman–Crippen MR) is 125 cm³/mol. The Kier molecular flexibility index (Phi) is 6.05. The Labute approximate surface area is 181 Å². The van der Waals surface area contributed by atoms with Gasteiger partial charge in [0, 0.05) is 39.3 Å². The second kappa shape index (κ2) is 9.06. The molecular weight excluding hydrogens is 394 g/mol. The molecule has 0 aliphatic rings. The number of benzene rings is 3. The van der Waals surface area contributed by atoms with Crippen LogP contribution in [0, 0.1) is 6.92 Å². The summed E-state index contributed by atoms with van der Waals surface area (Å²) in [6, 6.07) is 24.3. The number of nitrogens with one attached hydrogen (secondary N) is 1. The summed E-state index contributed by atoms with van der Waals surface area (Å²) in [5, 5.41) is 6.44. The van der Waals surface area contributed by atoms with Crippen molar-refractivity contribution in [1.29, 1.82) is 0 Å². The number of hydrogen-bond donors (Lipinski definition) is 1. The lowest BCUT2D eigenvalue weighted by molar-refractivity contribution is 0.408. The van der Waals surface area contributed by atoms with Crippen LogP contribution >= 0.6 is 11.6 Å². The lowest BCUT2D eigenvalue weighted by atomic mass is 10.1. The number of ether oxygens (including phenoxy) is 1. The maximum Gasteiger partial charge on any atom is 0.123 e. The highest BCUT2D eigenvalue weighted by Crippen LogP contribution is 2.27. The number of nitrogens with zero attached hydrogens (tertiary/aromatic N) is 2. The van der Waals surface area contributed by atoms with Gasteiger partial charge in [0.2, 0.25) is 0 Å². The van der Waals surface area contributed by atoms with Gasteiger partial charge in [0.25, 0.3) is 0 Å². The van der Waals surface area contributed by atoms with E-state index in [9.17, 15) is 0 Å². The molecule has 0 unspecified atom stereocenters. The zero-order valence-electron chi connectivity index (χ0n) is 17.1. The van der Waals surface area contributed by atoms with Crippen molar-refractivity contribution in [3.63, 3.8) is 0 Å². The Morgan fingerprint density at radius 3 is 2.47 bits per heavy atom. The lowest BCUT2D eigenvalue weighted by Gasteiger charge is -2.10. The topological polar surface area (TPSA) is 38.5 Å². The molecule has 3 aromatic carbocycles. The SMILES string of the molecule is COc1ccccc1CN/N=C\c1c(C)n(Cc2ccccc2Cl)c2ccccc12. The highest BCUT2D eigenvalue weighted by molar-refractivity contribution is 6.31. The van der Waals surface area contributed by atoms with Crippen molar-refractivity contribution < 1.29 is 4.74 Å². The summed E-state index contributed by atoms with van der Waals surface area (Å²) in [5.41, 5.74) is 8.73. The molecule has 0 amide bonds. The number of fused-ring (bicyclic) bond motifs is 1. The zero-order chi connectivity index (χ0) is 20.9. The highest BCUT2D eigenvalue weighted by Gasteiger charge is 2.13. The van der Waals surface area contributed by atoms with Crippen LogP contribution in [0.15, 0.2) is 77.9 Å². The van der Waals surface area contributed by atoms with E-state index < -0.39 is 0 Å². The van der Waals surface area contributed by atoms with Crippen molar-refractivity contribution in [3.8, 4) is 5.75 Å². The van der Waals surface area contributed by atoms with Crippen LogP contribution in [0.1, 0.15) is 22.4 Å². The highest BCUT2D eigenvalue weighted by atomic mass is 35.5. The molecule has 0 bridgehead atoms. The zero-order valence-corrected chi connectivity index (χ0v) is 17.9. The fraction of sp³-hybridized carbons (Fsp3) is 0.160. The van der Waals surface area contributed by atoms with Gasteiger partial charge in [-0.15, -0.1) is 0 Å². The number of hydrazone groups is 1. The van der Waals surface area contributed by atoms with Gasteiger partial charge in [0.05, 0.1) is 19.9 Å². The third kappa shape index (κ3) is 4.05. The molecule has 1 aromatic heterocycles. The third-order valence-corrected chi connectivity index (χ3v) is 5.68. The van der Waals surface area contributed by atoms with E-state index in [1.807, 2.05) is 48.7 Å². The first-order chi connectivity index (χ1) is 14.7. The summed E-state index contributed by atoms with van der Waals surface area (Å²) in [7, 11) is 1.68. The van der Waals surface area contributed by atoms with E-state index in [-0.39, 0.29) is 0 Å². The van der Waals surface area contributed by atoms with Crippen molar-refractivity contribution in [2.75, 3.05) is 7.11 Å². The summed E-state index contributed by atoms with van der Waals surface area (Å²) in [6.07, 6.45) is 1.90. The lowest BCUT2D eigenvalue weighted by Crippen LogP contribution is -2.07.